The highest BCUT2D eigenvalue weighted by Gasteiger charge is 2.36. The Hall–Kier alpha value is -2.62. The molecule has 1 aliphatic rings. The summed E-state index contributed by atoms with van der Waals surface area (Å²) in [5, 5.41) is 13.1. The van der Waals surface area contributed by atoms with Gasteiger partial charge in [0.2, 0.25) is 10.0 Å². The molecular formula is C27H29Cl2N3O4S. The van der Waals surface area contributed by atoms with Crippen LogP contribution < -0.4 is 10.0 Å². The van der Waals surface area contributed by atoms with Crippen LogP contribution in [-0.2, 0) is 10.0 Å². The van der Waals surface area contributed by atoms with Gasteiger partial charge in [0.05, 0.1) is 18.4 Å². The lowest BCUT2D eigenvalue weighted by atomic mass is 9.91. The lowest BCUT2D eigenvalue weighted by Gasteiger charge is -2.44. The number of benzene rings is 3. The first-order valence-electron chi connectivity index (χ1n) is 11.9. The number of likely N-dealkylation sites (tertiary alicyclic amines) is 1. The van der Waals surface area contributed by atoms with Crippen molar-refractivity contribution in [3.8, 4) is 0 Å². The molecule has 1 unspecified atom stereocenters. The summed E-state index contributed by atoms with van der Waals surface area (Å²) in [6, 6.07) is 21.2. The molecular weight excluding hydrogens is 533 g/mol. The summed E-state index contributed by atoms with van der Waals surface area (Å²) in [5.74, 6) is -0.459. The van der Waals surface area contributed by atoms with Gasteiger partial charge in [-0.1, -0.05) is 53.5 Å². The van der Waals surface area contributed by atoms with E-state index in [-0.39, 0.29) is 30.2 Å². The number of sulfonamides is 1. The Morgan fingerprint density at radius 1 is 1.00 bits per heavy atom. The molecule has 4 rings (SSSR count). The molecule has 0 aromatic heterocycles. The number of aliphatic hydroxyl groups excluding tert-OH is 1. The SMILES string of the molecule is CC(CO)NC(=O)c1cccc(NS(=O)(=O)CC2CN(C(c3ccc(Cl)cc3)c3ccc(Cl)cc3)C2)c1. The molecule has 0 radical (unpaired) electrons. The van der Waals surface area contributed by atoms with E-state index in [0.717, 1.165) is 11.1 Å². The second-order valence-corrected chi connectivity index (χ2v) is 12.0. The monoisotopic (exact) mass is 561 g/mol. The molecule has 1 fully saturated rings. The van der Waals surface area contributed by atoms with Crippen LogP contribution in [-0.4, -0.2) is 55.8 Å². The maximum atomic E-state index is 12.9. The fourth-order valence-corrected chi connectivity index (χ4v) is 6.09. The predicted molar refractivity (Wildman–Crippen MR) is 148 cm³/mol. The van der Waals surface area contributed by atoms with Gasteiger partial charge < -0.3 is 10.4 Å². The van der Waals surface area contributed by atoms with Crippen LogP contribution >= 0.6 is 23.2 Å². The number of nitrogens with one attached hydrogen (secondary N) is 2. The number of rotatable bonds is 10. The minimum Gasteiger partial charge on any atom is -0.394 e. The van der Waals surface area contributed by atoms with Gasteiger partial charge in [-0.3, -0.25) is 14.4 Å². The van der Waals surface area contributed by atoms with E-state index < -0.39 is 16.1 Å². The number of hydrogen-bond donors (Lipinski definition) is 3. The van der Waals surface area contributed by atoms with Crippen molar-refractivity contribution >= 4 is 44.8 Å². The number of nitrogens with zero attached hydrogens (tertiary/aromatic N) is 1. The topological polar surface area (TPSA) is 98.7 Å². The zero-order chi connectivity index (χ0) is 26.6. The first kappa shape index (κ1) is 27.4. The van der Waals surface area contributed by atoms with E-state index >= 15 is 0 Å². The van der Waals surface area contributed by atoms with Crippen LogP contribution in [0.25, 0.3) is 0 Å². The Kier molecular flexibility index (Phi) is 8.77. The molecule has 3 aromatic rings. The first-order valence-corrected chi connectivity index (χ1v) is 14.3. The van der Waals surface area contributed by atoms with E-state index in [9.17, 15) is 13.2 Å². The van der Waals surface area contributed by atoms with E-state index in [2.05, 4.69) is 14.9 Å². The Morgan fingerprint density at radius 2 is 1.57 bits per heavy atom. The maximum Gasteiger partial charge on any atom is 0.251 e. The van der Waals surface area contributed by atoms with E-state index in [1.807, 2.05) is 48.5 Å². The molecule has 7 nitrogen and oxygen atoms in total. The van der Waals surface area contributed by atoms with Crippen LogP contribution in [0.3, 0.4) is 0 Å². The van der Waals surface area contributed by atoms with Crippen molar-refractivity contribution < 1.29 is 18.3 Å². The van der Waals surface area contributed by atoms with Crippen molar-refractivity contribution in [2.75, 3.05) is 30.2 Å². The van der Waals surface area contributed by atoms with Crippen LogP contribution in [0.5, 0.6) is 0 Å². The Labute approximate surface area is 227 Å². The third-order valence-electron chi connectivity index (χ3n) is 6.23. The smallest absolute Gasteiger partial charge is 0.251 e. The third kappa shape index (κ3) is 7.24. The van der Waals surface area contributed by atoms with E-state index in [1.165, 1.54) is 6.07 Å². The quantitative estimate of drug-likeness (QED) is 0.337. The normalized spacial score (nSPS) is 15.3. The van der Waals surface area contributed by atoms with Crippen LogP contribution in [0.1, 0.15) is 34.5 Å². The average molecular weight is 563 g/mol. The third-order valence-corrected chi connectivity index (χ3v) is 8.19. The molecule has 3 aromatic carbocycles. The Morgan fingerprint density at radius 3 is 2.11 bits per heavy atom. The van der Waals surface area contributed by atoms with Crippen molar-refractivity contribution in [2.45, 2.75) is 19.0 Å². The summed E-state index contributed by atoms with van der Waals surface area (Å²) >= 11 is 12.2. The standard InChI is InChI=1S/C27H29Cl2N3O4S/c1-18(16-33)30-27(34)22-3-2-4-25(13-22)31-37(35,36)17-19-14-32(15-19)26(20-5-9-23(28)10-6-20)21-7-11-24(29)12-8-21/h2-13,18-19,26,31,33H,14-17H2,1H3,(H,30,34). The van der Waals surface area contributed by atoms with Gasteiger partial charge in [-0.15, -0.1) is 0 Å². The van der Waals surface area contributed by atoms with Crippen LogP contribution in [0.2, 0.25) is 10.0 Å². The summed E-state index contributed by atoms with van der Waals surface area (Å²) in [6.45, 7) is 2.71. The van der Waals surface area contributed by atoms with Gasteiger partial charge in [-0.2, -0.15) is 0 Å². The lowest BCUT2D eigenvalue weighted by molar-refractivity contribution is 0.0813. The number of carbonyl (C=O) groups excluding carboxylic acids is 1. The molecule has 1 saturated heterocycles. The van der Waals surface area contributed by atoms with Gasteiger partial charge in [0.25, 0.3) is 5.91 Å². The molecule has 10 heteroatoms. The fourth-order valence-electron chi connectivity index (χ4n) is 4.44. The number of amides is 1. The molecule has 196 valence electrons. The largest absolute Gasteiger partial charge is 0.394 e. The highest BCUT2D eigenvalue weighted by atomic mass is 35.5. The predicted octanol–water partition coefficient (Wildman–Crippen LogP) is 4.57. The molecule has 1 atom stereocenters. The van der Waals surface area contributed by atoms with Crippen LogP contribution in [0, 0.1) is 5.92 Å². The summed E-state index contributed by atoms with van der Waals surface area (Å²) in [7, 11) is -3.64. The summed E-state index contributed by atoms with van der Waals surface area (Å²) in [5.41, 5.74) is 2.76. The Bertz CT molecular complexity index is 1280. The number of carbonyl (C=O) groups is 1. The second-order valence-electron chi connectivity index (χ2n) is 9.35. The molecule has 37 heavy (non-hydrogen) atoms. The highest BCUT2D eigenvalue weighted by molar-refractivity contribution is 7.92. The minimum atomic E-state index is -3.64. The van der Waals surface area contributed by atoms with Crippen molar-refractivity contribution in [1.82, 2.24) is 10.2 Å². The Balaban J connectivity index is 1.41. The van der Waals surface area contributed by atoms with Crippen LogP contribution in [0.15, 0.2) is 72.8 Å². The van der Waals surface area contributed by atoms with Gasteiger partial charge in [0.1, 0.15) is 0 Å². The fraction of sp³-hybridized carbons (Fsp3) is 0.296. The molecule has 0 saturated carbocycles. The van der Waals surface area contributed by atoms with E-state index in [1.54, 1.807) is 25.1 Å². The molecule has 0 aliphatic carbocycles. The van der Waals surface area contributed by atoms with Crippen molar-refractivity contribution in [2.24, 2.45) is 5.92 Å². The molecule has 0 bridgehead atoms. The average Bonchev–Trinajstić information content (AvgIpc) is 2.84. The summed E-state index contributed by atoms with van der Waals surface area (Å²) in [6.07, 6.45) is 0. The number of halogens is 2. The summed E-state index contributed by atoms with van der Waals surface area (Å²) < 4.78 is 28.4. The molecule has 0 spiro atoms. The van der Waals surface area contributed by atoms with Crippen LogP contribution in [0.4, 0.5) is 5.69 Å². The van der Waals surface area contributed by atoms with Crippen molar-refractivity contribution in [1.29, 1.82) is 0 Å². The second kappa shape index (κ2) is 11.8. The van der Waals surface area contributed by atoms with E-state index in [0.29, 0.717) is 34.4 Å². The van der Waals surface area contributed by atoms with Gasteiger partial charge in [-0.05, 0) is 60.5 Å². The number of anilines is 1. The van der Waals surface area contributed by atoms with Crippen molar-refractivity contribution in [3.63, 3.8) is 0 Å². The van der Waals surface area contributed by atoms with Gasteiger partial charge >= 0.3 is 0 Å². The van der Waals surface area contributed by atoms with Gasteiger partial charge in [0.15, 0.2) is 0 Å². The molecule has 1 heterocycles. The minimum absolute atomic E-state index is 0.0323. The maximum absolute atomic E-state index is 12.9. The zero-order valence-electron chi connectivity index (χ0n) is 20.3. The van der Waals surface area contributed by atoms with Gasteiger partial charge in [-0.25, -0.2) is 8.42 Å². The molecule has 3 N–H and O–H groups in total. The van der Waals surface area contributed by atoms with Gasteiger partial charge in [0, 0.05) is 46.3 Å². The summed E-state index contributed by atoms with van der Waals surface area (Å²) in [4.78, 5) is 14.6. The first-order chi connectivity index (χ1) is 17.6. The molecule has 1 amide bonds. The number of aliphatic hydroxyl groups is 1. The lowest BCUT2D eigenvalue weighted by Crippen LogP contribution is -2.51. The number of hydrogen-bond acceptors (Lipinski definition) is 5. The van der Waals surface area contributed by atoms with E-state index in [4.69, 9.17) is 28.3 Å². The molecule has 1 aliphatic heterocycles. The van der Waals surface area contributed by atoms with Crippen molar-refractivity contribution in [3.05, 3.63) is 99.5 Å². The zero-order valence-corrected chi connectivity index (χ0v) is 22.6. The highest BCUT2D eigenvalue weighted by Crippen LogP contribution is 2.35.